The summed E-state index contributed by atoms with van der Waals surface area (Å²) in [5.41, 5.74) is 1.40. The number of carbonyl (C=O) groups excluding carboxylic acids is 4. The number of nitrogens with one attached hydrogen (secondary N) is 2. The Hall–Kier alpha value is -7.93. The molecule has 4 aromatic carbocycles. The van der Waals surface area contributed by atoms with E-state index < -0.39 is 56.9 Å². The molecule has 386 valence electrons. The van der Waals surface area contributed by atoms with Crippen molar-refractivity contribution in [2.45, 2.75) is 64.0 Å². The molecular formula is C49H51FN5O17S+. The standard InChI is InChI=1S/C49H50FN5O17S/c1-28(69-48(60)70-33-17-13-31(14-18-33)54(61)62)34-24-40(67-5)41(26-39(34)55(63)64)68-22-20-51-47(59)37(27-73-72-71-65)52-43(56)9-7-6-8-21-53-38-19-12-30(50)23-36(38)49(2,3)42(53)25-35-45(57)44(46(35)58)29-10-15-32(66-4)16-11-29/h10-19,23-26,28,37H,6-9,20-22,27H2,1-5H3,(H3-,51,52,56,57,58,59,65)/p+1. The molecule has 2 atom stereocenters. The van der Waals surface area contributed by atoms with Gasteiger partial charge < -0.3 is 39.4 Å². The molecule has 0 fully saturated rings. The van der Waals surface area contributed by atoms with Crippen LogP contribution in [0.5, 0.6) is 23.0 Å². The lowest BCUT2D eigenvalue weighted by Crippen LogP contribution is -2.49. The van der Waals surface area contributed by atoms with Crippen LogP contribution in [0.15, 0.2) is 96.3 Å². The first-order chi connectivity index (χ1) is 34.9. The predicted octanol–water partition coefficient (Wildman–Crippen LogP) is 8.10. The molecule has 1 heterocycles. The van der Waals surface area contributed by atoms with Crippen molar-refractivity contribution >= 4 is 64.1 Å². The molecule has 73 heavy (non-hydrogen) atoms. The normalized spacial score (nSPS) is 14.9. The first-order valence-corrected chi connectivity index (χ1v) is 23.4. The summed E-state index contributed by atoms with van der Waals surface area (Å²) in [7, 11) is 2.79. The molecule has 0 radical (unpaired) electrons. The van der Waals surface area contributed by atoms with Gasteiger partial charge in [-0.05, 0) is 81.6 Å². The van der Waals surface area contributed by atoms with E-state index in [-0.39, 0.29) is 76.5 Å². The van der Waals surface area contributed by atoms with Crippen molar-refractivity contribution in [2.75, 3.05) is 39.7 Å². The Bertz CT molecular complexity index is 2850. The third-order valence-electron chi connectivity index (χ3n) is 11.9. The van der Waals surface area contributed by atoms with Gasteiger partial charge in [-0.25, -0.2) is 14.4 Å². The second kappa shape index (κ2) is 24.5. The second-order valence-electron chi connectivity index (χ2n) is 16.8. The summed E-state index contributed by atoms with van der Waals surface area (Å²) in [5.74, 6) is -1.81. The van der Waals surface area contributed by atoms with E-state index in [1.54, 1.807) is 36.4 Å². The number of hydrogen-bond acceptors (Lipinski definition) is 18. The van der Waals surface area contributed by atoms with Gasteiger partial charge in [0.1, 0.15) is 48.4 Å². The Kier molecular flexibility index (Phi) is 18.2. The molecule has 0 bridgehead atoms. The molecule has 0 spiro atoms. The van der Waals surface area contributed by atoms with Crippen LogP contribution >= 0.6 is 12.0 Å². The quantitative estimate of drug-likeness (QED) is 0.00561. The summed E-state index contributed by atoms with van der Waals surface area (Å²) in [4.78, 5) is 74.0. The number of nitro benzene ring substituents is 2. The number of amides is 2. The van der Waals surface area contributed by atoms with Crippen molar-refractivity contribution in [1.29, 1.82) is 0 Å². The number of halogens is 1. The Morgan fingerprint density at radius 2 is 1.63 bits per heavy atom. The number of benzene rings is 4. The average molecular weight is 1030 g/mol. The Labute approximate surface area is 420 Å². The lowest BCUT2D eigenvalue weighted by molar-refractivity contribution is -0.438. The lowest BCUT2D eigenvalue weighted by atomic mass is 9.77. The average Bonchev–Trinajstić information content (AvgIpc) is 3.57. The van der Waals surface area contributed by atoms with Gasteiger partial charge >= 0.3 is 6.16 Å². The van der Waals surface area contributed by atoms with Crippen LogP contribution in [0.25, 0.3) is 5.57 Å². The van der Waals surface area contributed by atoms with E-state index in [1.807, 2.05) is 18.4 Å². The first-order valence-electron chi connectivity index (χ1n) is 22.5. The number of aliphatic hydroxyl groups is 1. The zero-order chi connectivity index (χ0) is 53.0. The molecule has 22 nitrogen and oxygen atoms in total. The molecule has 4 aromatic rings. The molecule has 4 N–H and O–H groups in total. The number of Topliss-reactive ketones (excluding diaryl/α,β-unsaturated/α-hetero) is 1. The second-order valence-corrected chi connectivity index (χ2v) is 17.5. The Morgan fingerprint density at radius 3 is 2.27 bits per heavy atom. The summed E-state index contributed by atoms with van der Waals surface area (Å²) in [6.07, 6.45) is 0.685. The minimum atomic E-state index is -1.25. The van der Waals surface area contributed by atoms with Gasteiger partial charge in [0.25, 0.3) is 11.4 Å². The number of non-ortho nitro benzene ring substituents is 1. The molecule has 2 aliphatic rings. The fourth-order valence-electron chi connectivity index (χ4n) is 8.11. The number of hydrogen-bond donors (Lipinski definition) is 4. The highest BCUT2D eigenvalue weighted by molar-refractivity contribution is 7.94. The maximum absolute atomic E-state index is 14.6. The molecule has 6 rings (SSSR count). The van der Waals surface area contributed by atoms with Gasteiger partial charge in [-0.3, -0.25) is 34.6 Å². The molecule has 2 amide bonds. The number of carbonyl (C=O) groups is 4. The molecular weight excluding hydrogens is 982 g/mol. The number of methoxy groups -OCH3 is 2. The SMILES string of the molecule is COc1ccc(C2=C(O)/C(=C/C3=[N+](CCCCCC(=O)NC(CSOOO)C(=O)NCCOc4cc([N+](=O)[O-])c(C(C)OC(=O)Oc5ccc([N+](=O)[O-])cc5)cc4OC)c4ccc(F)cc4C3(C)C)C2=O)cc1. The largest absolute Gasteiger partial charge is 0.514 e. The van der Waals surface area contributed by atoms with Crippen LogP contribution in [0.3, 0.4) is 0 Å². The fourth-order valence-corrected chi connectivity index (χ4v) is 8.58. The molecule has 0 saturated heterocycles. The number of aliphatic hydroxyl groups excluding tert-OH is 1. The van der Waals surface area contributed by atoms with Crippen LogP contribution < -0.4 is 29.6 Å². The summed E-state index contributed by atoms with van der Waals surface area (Å²) in [6.45, 7) is 5.20. The summed E-state index contributed by atoms with van der Waals surface area (Å²) < 4.78 is 47.6. The molecule has 2 unspecified atom stereocenters. The maximum Gasteiger partial charge on any atom is 0.514 e. The highest BCUT2D eigenvalue weighted by atomic mass is 32.2. The van der Waals surface area contributed by atoms with Gasteiger partial charge in [0, 0.05) is 54.7 Å². The number of nitro groups is 2. The zero-order valence-corrected chi connectivity index (χ0v) is 40.9. The summed E-state index contributed by atoms with van der Waals surface area (Å²) in [5, 5.41) is 51.6. The van der Waals surface area contributed by atoms with E-state index in [4.69, 9.17) is 28.9 Å². The number of nitrogens with zero attached hydrogens (tertiary/aromatic N) is 3. The van der Waals surface area contributed by atoms with E-state index >= 15 is 0 Å². The van der Waals surface area contributed by atoms with Gasteiger partial charge in [-0.2, -0.15) is 4.58 Å². The third kappa shape index (κ3) is 13.1. The molecule has 0 aromatic heterocycles. The Morgan fingerprint density at radius 1 is 0.918 bits per heavy atom. The van der Waals surface area contributed by atoms with Crippen molar-refractivity contribution in [2.24, 2.45) is 0 Å². The number of unbranched alkanes of at least 4 members (excludes halogenated alkanes) is 2. The van der Waals surface area contributed by atoms with Crippen molar-refractivity contribution < 1.29 is 81.4 Å². The minimum absolute atomic E-state index is 0.0110. The monoisotopic (exact) mass is 1030 g/mol. The molecule has 1 aliphatic carbocycles. The minimum Gasteiger partial charge on any atom is -0.506 e. The van der Waals surface area contributed by atoms with Crippen LogP contribution in [0.4, 0.5) is 26.2 Å². The number of ketones is 1. The first kappa shape index (κ1) is 54.4. The highest BCUT2D eigenvalue weighted by Gasteiger charge is 2.47. The topological polar surface area (TPSA) is 287 Å². The predicted molar refractivity (Wildman–Crippen MR) is 259 cm³/mol. The maximum atomic E-state index is 14.6. The van der Waals surface area contributed by atoms with Crippen molar-refractivity contribution in [3.63, 3.8) is 0 Å². The number of fused-ring (bicyclic) bond motifs is 1. The molecule has 24 heteroatoms. The number of ether oxygens (including phenoxy) is 5. The van der Waals surface area contributed by atoms with Gasteiger partial charge in [0.05, 0.1) is 64.6 Å². The van der Waals surface area contributed by atoms with E-state index in [9.17, 15) is 48.9 Å². The summed E-state index contributed by atoms with van der Waals surface area (Å²) in [6, 6.07) is 16.9. The molecule has 0 saturated carbocycles. The fraction of sp³-hybridized carbons (Fsp3) is 0.327. The number of rotatable bonds is 25. The Balaban J connectivity index is 1.02. The van der Waals surface area contributed by atoms with Crippen molar-refractivity contribution in [3.05, 3.63) is 139 Å². The van der Waals surface area contributed by atoms with E-state index in [0.717, 1.165) is 23.9 Å². The van der Waals surface area contributed by atoms with Crippen LogP contribution in [0.1, 0.15) is 69.2 Å². The van der Waals surface area contributed by atoms with Gasteiger partial charge in [-0.15, -0.1) is 4.33 Å². The van der Waals surface area contributed by atoms with Crippen molar-refractivity contribution in [1.82, 2.24) is 10.6 Å². The third-order valence-corrected chi connectivity index (χ3v) is 12.5. The van der Waals surface area contributed by atoms with Crippen LogP contribution in [0.2, 0.25) is 0 Å². The van der Waals surface area contributed by atoms with Crippen LogP contribution in [-0.2, 0) is 33.9 Å². The van der Waals surface area contributed by atoms with E-state index in [2.05, 4.69) is 20.0 Å². The van der Waals surface area contributed by atoms with E-state index in [0.29, 0.717) is 60.4 Å². The van der Waals surface area contributed by atoms with Crippen molar-refractivity contribution in [3.8, 4) is 23.0 Å². The van der Waals surface area contributed by atoms with Gasteiger partial charge in [-0.1, -0.05) is 17.2 Å². The number of allylic oxidation sites excluding steroid dienone is 3. The van der Waals surface area contributed by atoms with E-state index in [1.165, 1.54) is 51.5 Å². The highest BCUT2D eigenvalue weighted by Crippen LogP contribution is 2.44. The van der Waals surface area contributed by atoms with Crippen LogP contribution in [0, 0.1) is 26.0 Å². The summed E-state index contributed by atoms with van der Waals surface area (Å²) >= 11 is 0.536. The zero-order valence-electron chi connectivity index (χ0n) is 40.0. The van der Waals surface area contributed by atoms with Gasteiger partial charge in [0.2, 0.25) is 23.3 Å². The smallest absolute Gasteiger partial charge is 0.506 e. The lowest BCUT2D eigenvalue weighted by Gasteiger charge is -2.23. The van der Waals surface area contributed by atoms with Crippen LogP contribution in [-0.4, -0.2) is 100.0 Å². The molecule has 1 aliphatic heterocycles. The van der Waals surface area contributed by atoms with Gasteiger partial charge in [0.15, 0.2) is 17.2 Å².